The summed E-state index contributed by atoms with van der Waals surface area (Å²) in [6, 6.07) is 3.76. The zero-order valence-corrected chi connectivity index (χ0v) is 11.5. The average molecular weight is 263 g/mol. The van der Waals surface area contributed by atoms with Gasteiger partial charge >= 0.3 is 0 Å². The van der Waals surface area contributed by atoms with Crippen molar-refractivity contribution in [2.45, 2.75) is 26.7 Å². The van der Waals surface area contributed by atoms with Crippen LogP contribution in [-0.2, 0) is 11.2 Å². The van der Waals surface area contributed by atoms with E-state index in [9.17, 15) is 9.59 Å². The van der Waals surface area contributed by atoms with Crippen molar-refractivity contribution in [1.29, 1.82) is 0 Å². The van der Waals surface area contributed by atoms with Crippen molar-refractivity contribution in [3.8, 4) is 0 Å². The van der Waals surface area contributed by atoms with Gasteiger partial charge in [0.05, 0.1) is 5.92 Å². The second kappa shape index (κ2) is 5.91. The van der Waals surface area contributed by atoms with Gasteiger partial charge in [-0.1, -0.05) is 6.92 Å². The average Bonchev–Trinajstić information content (AvgIpc) is 3.07. The Morgan fingerprint density at radius 2 is 2.21 bits per heavy atom. The highest BCUT2D eigenvalue weighted by Gasteiger charge is 2.31. The van der Waals surface area contributed by atoms with Crippen molar-refractivity contribution in [3.05, 3.63) is 23.5 Å². The quantitative estimate of drug-likeness (QED) is 0.856. The molecule has 0 saturated carbocycles. The lowest BCUT2D eigenvalue weighted by Crippen LogP contribution is -2.34. The first kappa shape index (κ1) is 13.6. The van der Waals surface area contributed by atoms with E-state index in [1.807, 2.05) is 26.0 Å². The van der Waals surface area contributed by atoms with Gasteiger partial charge in [-0.05, 0) is 31.9 Å². The van der Waals surface area contributed by atoms with Crippen LogP contribution in [0.1, 0.15) is 36.5 Å². The number of hydrogen-bond acceptors (Lipinski definition) is 2. The summed E-state index contributed by atoms with van der Waals surface area (Å²) >= 11 is 0. The van der Waals surface area contributed by atoms with Gasteiger partial charge in [0.25, 0.3) is 5.91 Å². The van der Waals surface area contributed by atoms with E-state index in [2.05, 4.69) is 10.3 Å². The molecule has 1 saturated heterocycles. The van der Waals surface area contributed by atoms with Crippen LogP contribution in [0.3, 0.4) is 0 Å². The van der Waals surface area contributed by atoms with Crippen LogP contribution in [0.4, 0.5) is 0 Å². The standard InChI is InChI=1S/C14H21N3O2/c1-3-11-5-6-12(16-11)14(19)17-8-7-10(9-17)13(18)15-4-2/h5-6,10,16H,3-4,7-9H2,1-2H3,(H,15,18)/t10-/m0/s1. The van der Waals surface area contributed by atoms with Gasteiger partial charge in [-0.25, -0.2) is 0 Å². The van der Waals surface area contributed by atoms with Gasteiger partial charge < -0.3 is 15.2 Å². The first-order chi connectivity index (χ1) is 9.15. The molecule has 0 aliphatic carbocycles. The fourth-order valence-corrected chi connectivity index (χ4v) is 2.42. The van der Waals surface area contributed by atoms with E-state index < -0.39 is 0 Å². The number of nitrogens with one attached hydrogen (secondary N) is 2. The van der Waals surface area contributed by atoms with Crippen molar-refractivity contribution >= 4 is 11.8 Å². The maximum absolute atomic E-state index is 12.3. The maximum atomic E-state index is 12.3. The summed E-state index contributed by atoms with van der Waals surface area (Å²) < 4.78 is 0. The summed E-state index contributed by atoms with van der Waals surface area (Å²) in [6.07, 6.45) is 1.63. The van der Waals surface area contributed by atoms with Gasteiger partial charge in [-0.3, -0.25) is 9.59 Å². The van der Waals surface area contributed by atoms with Gasteiger partial charge in [0, 0.05) is 25.3 Å². The number of aromatic amines is 1. The number of amides is 2. The number of H-pyrrole nitrogens is 1. The number of likely N-dealkylation sites (tertiary alicyclic amines) is 1. The monoisotopic (exact) mass is 263 g/mol. The lowest BCUT2D eigenvalue weighted by molar-refractivity contribution is -0.124. The molecule has 1 aromatic heterocycles. The van der Waals surface area contributed by atoms with Crippen LogP contribution in [0.5, 0.6) is 0 Å². The van der Waals surface area contributed by atoms with Crippen molar-refractivity contribution in [3.63, 3.8) is 0 Å². The van der Waals surface area contributed by atoms with E-state index in [-0.39, 0.29) is 17.7 Å². The Morgan fingerprint density at radius 1 is 1.42 bits per heavy atom. The van der Waals surface area contributed by atoms with Crippen LogP contribution in [0.15, 0.2) is 12.1 Å². The second-order valence-corrected chi connectivity index (χ2v) is 4.88. The molecule has 0 bridgehead atoms. The Hall–Kier alpha value is -1.78. The number of carbonyl (C=O) groups excluding carboxylic acids is 2. The third kappa shape index (κ3) is 2.97. The van der Waals surface area contributed by atoms with Crippen LogP contribution in [0.25, 0.3) is 0 Å². The van der Waals surface area contributed by atoms with Crippen LogP contribution in [0, 0.1) is 5.92 Å². The highest BCUT2D eigenvalue weighted by Crippen LogP contribution is 2.18. The molecule has 1 atom stereocenters. The van der Waals surface area contributed by atoms with E-state index in [0.717, 1.165) is 18.5 Å². The van der Waals surface area contributed by atoms with Crippen LogP contribution < -0.4 is 5.32 Å². The van der Waals surface area contributed by atoms with Crippen LogP contribution in [-0.4, -0.2) is 41.3 Å². The molecule has 104 valence electrons. The third-order valence-corrected chi connectivity index (χ3v) is 3.55. The molecule has 5 nitrogen and oxygen atoms in total. The van der Waals surface area contributed by atoms with Crippen LogP contribution in [0.2, 0.25) is 0 Å². The highest BCUT2D eigenvalue weighted by atomic mass is 16.2. The summed E-state index contributed by atoms with van der Waals surface area (Å²) in [5.41, 5.74) is 1.68. The topological polar surface area (TPSA) is 65.2 Å². The molecule has 0 radical (unpaired) electrons. The lowest BCUT2D eigenvalue weighted by Gasteiger charge is -2.15. The second-order valence-electron chi connectivity index (χ2n) is 4.88. The zero-order valence-electron chi connectivity index (χ0n) is 11.5. The number of aromatic nitrogens is 1. The molecule has 2 amide bonds. The zero-order chi connectivity index (χ0) is 13.8. The van der Waals surface area contributed by atoms with Crippen LogP contribution >= 0.6 is 0 Å². The fraction of sp³-hybridized carbons (Fsp3) is 0.571. The smallest absolute Gasteiger partial charge is 0.270 e. The predicted octanol–water partition coefficient (Wildman–Crippen LogP) is 1.18. The Balaban J connectivity index is 1.96. The molecule has 2 rings (SSSR count). The van der Waals surface area contributed by atoms with E-state index in [0.29, 0.717) is 25.3 Å². The molecular formula is C14H21N3O2. The molecule has 0 unspecified atom stereocenters. The number of nitrogens with zero attached hydrogens (tertiary/aromatic N) is 1. The van der Waals surface area contributed by atoms with Crippen molar-refractivity contribution in [2.24, 2.45) is 5.92 Å². The molecule has 2 N–H and O–H groups in total. The molecule has 1 fully saturated rings. The van der Waals surface area contributed by atoms with Crippen molar-refractivity contribution in [1.82, 2.24) is 15.2 Å². The molecule has 5 heteroatoms. The molecule has 0 aromatic carbocycles. The number of aryl methyl sites for hydroxylation is 1. The first-order valence-corrected chi connectivity index (χ1v) is 6.90. The van der Waals surface area contributed by atoms with Gasteiger partial charge in [-0.15, -0.1) is 0 Å². The number of carbonyl (C=O) groups is 2. The summed E-state index contributed by atoms with van der Waals surface area (Å²) in [7, 11) is 0. The van der Waals surface area contributed by atoms with Gasteiger partial charge in [0.15, 0.2) is 0 Å². The summed E-state index contributed by atoms with van der Waals surface area (Å²) in [5, 5.41) is 2.82. The highest BCUT2D eigenvalue weighted by molar-refractivity contribution is 5.93. The molecule has 1 aliphatic rings. The van der Waals surface area contributed by atoms with E-state index in [1.165, 1.54) is 0 Å². The van der Waals surface area contributed by atoms with E-state index in [1.54, 1.807) is 4.90 Å². The summed E-state index contributed by atoms with van der Waals surface area (Å²) in [6.45, 7) is 5.76. The SMILES string of the molecule is CCNC(=O)[C@H]1CCN(C(=O)c2ccc(CC)[nH]2)C1. The molecule has 2 heterocycles. The van der Waals surface area contributed by atoms with Crippen molar-refractivity contribution < 1.29 is 9.59 Å². The Kier molecular flexibility index (Phi) is 4.24. The first-order valence-electron chi connectivity index (χ1n) is 6.90. The number of rotatable bonds is 4. The summed E-state index contributed by atoms with van der Waals surface area (Å²) in [5.74, 6) is -0.0189. The van der Waals surface area contributed by atoms with E-state index in [4.69, 9.17) is 0 Å². The largest absolute Gasteiger partial charge is 0.356 e. The Labute approximate surface area is 113 Å². The Bertz CT molecular complexity index is 467. The maximum Gasteiger partial charge on any atom is 0.270 e. The molecule has 1 aliphatic heterocycles. The normalized spacial score (nSPS) is 18.6. The molecular weight excluding hydrogens is 242 g/mol. The molecule has 1 aromatic rings. The lowest BCUT2D eigenvalue weighted by atomic mass is 10.1. The predicted molar refractivity (Wildman–Crippen MR) is 72.9 cm³/mol. The minimum Gasteiger partial charge on any atom is -0.356 e. The fourth-order valence-electron chi connectivity index (χ4n) is 2.42. The number of hydrogen-bond donors (Lipinski definition) is 2. The Morgan fingerprint density at radius 3 is 2.84 bits per heavy atom. The van der Waals surface area contributed by atoms with Gasteiger partial charge in [0.1, 0.15) is 5.69 Å². The van der Waals surface area contributed by atoms with E-state index >= 15 is 0 Å². The molecule has 0 spiro atoms. The molecule has 19 heavy (non-hydrogen) atoms. The summed E-state index contributed by atoms with van der Waals surface area (Å²) in [4.78, 5) is 28.9. The minimum atomic E-state index is -0.0653. The minimum absolute atomic E-state index is 0.00787. The van der Waals surface area contributed by atoms with Gasteiger partial charge in [0.2, 0.25) is 5.91 Å². The van der Waals surface area contributed by atoms with Crippen molar-refractivity contribution in [2.75, 3.05) is 19.6 Å². The van der Waals surface area contributed by atoms with Gasteiger partial charge in [-0.2, -0.15) is 0 Å². The third-order valence-electron chi connectivity index (χ3n) is 3.55.